The molecule has 0 bridgehead atoms. The molecular weight excluding hydrogens is 342 g/mol. The predicted octanol–water partition coefficient (Wildman–Crippen LogP) is 3.65. The minimum atomic E-state index is -3.64. The van der Waals surface area contributed by atoms with Crippen molar-refractivity contribution in [2.45, 2.75) is 11.8 Å². The lowest BCUT2D eigenvalue weighted by Gasteiger charge is -2.12. The fourth-order valence-corrected chi connectivity index (χ4v) is 3.34. The van der Waals surface area contributed by atoms with Gasteiger partial charge in [0.1, 0.15) is 5.75 Å². The van der Waals surface area contributed by atoms with Gasteiger partial charge in [-0.3, -0.25) is 4.72 Å². The summed E-state index contributed by atoms with van der Waals surface area (Å²) < 4.78 is 33.3. The van der Waals surface area contributed by atoms with Gasteiger partial charge in [0.15, 0.2) is 0 Å². The van der Waals surface area contributed by atoms with Crippen LogP contribution in [0.2, 0.25) is 0 Å². The summed E-state index contributed by atoms with van der Waals surface area (Å²) in [6, 6.07) is 13.5. The van der Waals surface area contributed by atoms with Crippen LogP contribution in [0.1, 0.15) is 6.92 Å². The highest BCUT2D eigenvalue weighted by molar-refractivity contribution is 9.10. The first-order valence-electron chi connectivity index (χ1n) is 6.03. The van der Waals surface area contributed by atoms with Crippen molar-refractivity contribution in [1.29, 1.82) is 0 Å². The topological polar surface area (TPSA) is 55.4 Å². The van der Waals surface area contributed by atoms with Crippen LogP contribution < -0.4 is 9.46 Å². The third kappa shape index (κ3) is 3.52. The second kappa shape index (κ2) is 6.28. The van der Waals surface area contributed by atoms with E-state index in [-0.39, 0.29) is 4.90 Å². The summed E-state index contributed by atoms with van der Waals surface area (Å²) in [7, 11) is -3.64. The molecule has 0 spiro atoms. The SMILES string of the molecule is CCOc1ccccc1NS(=O)(=O)c1cccc(Br)c1. The Labute approximate surface area is 127 Å². The van der Waals surface area contributed by atoms with E-state index in [4.69, 9.17) is 4.74 Å². The molecule has 2 rings (SSSR count). The standard InChI is InChI=1S/C14H14BrNO3S/c1-2-19-14-9-4-3-8-13(14)16-20(17,18)12-7-5-6-11(15)10-12/h3-10,16H,2H2,1H3. The molecule has 0 aromatic heterocycles. The summed E-state index contributed by atoms with van der Waals surface area (Å²) >= 11 is 3.26. The Morgan fingerprint density at radius 2 is 1.90 bits per heavy atom. The largest absolute Gasteiger partial charge is 0.492 e. The Balaban J connectivity index is 2.34. The van der Waals surface area contributed by atoms with E-state index in [9.17, 15) is 8.42 Å². The van der Waals surface area contributed by atoms with Crippen LogP contribution in [0, 0.1) is 0 Å². The quantitative estimate of drug-likeness (QED) is 0.890. The molecule has 0 atom stereocenters. The molecule has 6 heteroatoms. The average Bonchev–Trinajstić information content (AvgIpc) is 2.41. The van der Waals surface area contributed by atoms with Crippen LogP contribution >= 0.6 is 15.9 Å². The number of sulfonamides is 1. The van der Waals surface area contributed by atoms with Gasteiger partial charge in [-0.05, 0) is 37.3 Å². The number of rotatable bonds is 5. The van der Waals surface area contributed by atoms with Gasteiger partial charge < -0.3 is 4.74 Å². The summed E-state index contributed by atoms with van der Waals surface area (Å²) in [5, 5.41) is 0. The maximum Gasteiger partial charge on any atom is 0.262 e. The van der Waals surface area contributed by atoms with E-state index in [0.717, 1.165) is 0 Å². The van der Waals surface area contributed by atoms with Gasteiger partial charge in [0.05, 0.1) is 17.2 Å². The molecule has 0 unspecified atom stereocenters. The van der Waals surface area contributed by atoms with Gasteiger partial charge in [-0.1, -0.05) is 34.1 Å². The third-order valence-corrected chi connectivity index (χ3v) is 4.39. The van der Waals surface area contributed by atoms with Crippen molar-refractivity contribution in [1.82, 2.24) is 0 Å². The number of hydrogen-bond donors (Lipinski definition) is 1. The highest BCUT2D eigenvalue weighted by atomic mass is 79.9. The van der Waals surface area contributed by atoms with Crippen LogP contribution in [0.5, 0.6) is 5.75 Å². The maximum absolute atomic E-state index is 12.3. The molecule has 0 amide bonds. The van der Waals surface area contributed by atoms with Gasteiger partial charge in [-0.2, -0.15) is 0 Å². The molecule has 0 saturated carbocycles. The van der Waals surface area contributed by atoms with E-state index < -0.39 is 10.0 Å². The zero-order chi connectivity index (χ0) is 14.6. The molecule has 20 heavy (non-hydrogen) atoms. The average molecular weight is 356 g/mol. The van der Waals surface area contributed by atoms with Crippen molar-refractivity contribution in [2.24, 2.45) is 0 Å². The maximum atomic E-state index is 12.3. The zero-order valence-electron chi connectivity index (χ0n) is 10.8. The first-order valence-corrected chi connectivity index (χ1v) is 8.31. The molecule has 0 heterocycles. The van der Waals surface area contributed by atoms with Crippen molar-refractivity contribution in [3.8, 4) is 5.75 Å². The third-order valence-electron chi connectivity index (χ3n) is 2.54. The molecule has 0 fully saturated rings. The number of para-hydroxylation sites is 2. The molecule has 0 aliphatic heterocycles. The summed E-state index contributed by atoms with van der Waals surface area (Å²) in [4.78, 5) is 0.193. The number of ether oxygens (including phenoxy) is 1. The second-order valence-electron chi connectivity index (χ2n) is 3.99. The van der Waals surface area contributed by atoms with Gasteiger partial charge in [0.25, 0.3) is 10.0 Å². The molecule has 2 aromatic carbocycles. The van der Waals surface area contributed by atoms with Crippen molar-refractivity contribution < 1.29 is 13.2 Å². The van der Waals surface area contributed by atoms with Crippen molar-refractivity contribution in [3.05, 3.63) is 53.0 Å². The molecule has 4 nitrogen and oxygen atoms in total. The smallest absolute Gasteiger partial charge is 0.262 e. The molecular formula is C14H14BrNO3S. The molecule has 0 aliphatic carbocycles. The monoisotopic (exact) mass is 355 g/mol. The van der Waals surface area contributed by atoms with Gasteiger partial charge in [0, 0.05) is 4.47 Å². The first kappa shape index (κ1) is 14.9. The van der Waals surface area contributed by atoms with Crippen LogP contribution in [-0.4, -0.2) is 15.0 Å². The second-order valence-corrected chi connectivity index (χ2v) is 6.59. The van der Waals surface area contributed by atoms with Crippen LogP contribution in [0.3, 0.4) is 0 Å². The number of nitrogens with one attached hydrogen (secondary N) is 1. The van der Waals surface area contributed by atoms with E-state index in [0.29, 0.717) is 22.5 Å². The summed E-state index contributed by atoms with van der Waals surface area (Å²) in [5.74, 6) is 0.508. The van der Waals surface area contributed by atoms with Crippen molar-refractivity contribution >= 4 is 31.6 Å². The lowest BCUT2D eigenvalue weighted by Crippen LogP contribution is -2.13. The number of halogens is 1. The highest BCUT2D eigenvalue weighted by Gasteiger charge is 2.16. The minimum absolute atomic E-state index is 0.193. The van der Waals surface area contributed by atoms with Crippen LogP contribution in [0.15, 0.2) is 57.9 Å². The minimum Gasteiger partial charge on any atom is -0.492 e. The summed E-state index contributed by atoms with van der Waals surface area (Å²) in [5.41, 5.74) is 0.425. The molecule has 0 radical (unpaired) electrons. The first-order chi connectivity index (χ1) is 9.53. The Morgan fingerprint density at radius 3 is 2.60 bits per heavy atom. The zero-order valence-corrected chi connectivity index (χ0v) is 13.2. The molecule has 2 aromatic rings. The molecule has 1 N–H and O–H groups in total. The van der Waals surface area contributed by atoms with Gasteiger partial charge >= 0.3 is 0 Å². The number of benzene rings is 2. The summed E-state index contributed by atoms with van der Waals surface area (Å²) in [6.07, 6.45) is 0. The number of hydrogen-bond acceptors (Lipinski definition) is 3. The van der Waals surface area contributed by atoms with E-state index in [1.165, 1.54) is 6.07 Å². The van der Waals surface area contributed by atoms with Crippen LogP contribution in [0.25, 0.3) is 0 Å². The van der Waals surface area contributed by atoms with Gasteiger partial charge in [-0.25, -0.2) is 8.42 Å². The lowest BCUT2D eigenvalue weighted by atomic mass is 10.3. The fraction of sp³-hybridized carbons (Fsp3) is 0.143. The lowest BCUT2D eigenvalue weighted by molar-refractivity contribution is 0.342. The Morgan fingerprint density at radius 1 is 1.15 bits per heavy atom. The van der Waals surface area contributed by atoms with E-state index in [1.807, 2.05) is 6.92 Å². The Bertz CT molecular complexity index is 701. The van der Waals surface area contributed by atoms with Crippen LogP contribution in [-0.2, 0) is 10.0 Å². The molecule has 0 aliphatic rings. The van der Waals surface area contributed by atoms with E-state index in [2.05, 4.69) is 20.7 Å². The Hall–Kier alpha value is -1.53. The fourth-order valence-electron chi connectivity index (χ4n) is 1.67. The normalized spacial score (nSPS) is 11.1. The van der Waals surface area contributed by atoms with E-state index >= 15 is 0 Å². The highest BCUT2D eigenvalue weighted by Crippen LogP contribution is 2.27. The van der Waals surface area contributed by atoms with E-state index in [1.54, 1.807) is 42.5 Å². The van der Waals surface area contributed by atoms with Crippen LogP contribution in [0.4, 0.5) is 5.69 Å². The van der Waals surface area contributed by atoms with Crippen molar-refractivity contribution in [2.75, 3.05) is 11.3 Å². The molecule has 0 saturated heterocycles. The predicted molar refractivity (Wildman–Crippen MR) is 82.6 cm³/mol. The number of anilines is 1. The van der Waals surface area contributed by atoms with Gasteiger partial charge in [0.2, 0.25) is 0 Å². The Kier molecular flexibility index (Phi) is 4.67. The molecule has 106 valence electrons. The summed E-state index contributed by atoms with van der Waals surface area (Å²) in [6.45, 7) is 2.31. The van der Waals surface area contributed by atoms with Gasteiger partial charge in [-0.15, -0.1) is 0 Å². The van der Waals surface area contributed by atoms with Crippen molar-refractivity contribution in [3.63, 3.8) is 0 Å².